The first-order chi connectivity index (χ1) is 31.5. The molecule has 0 atom stereocenters. The van der Waals surface area contributed by atoms with Crippen molar-refractivity contribution in [1.29, 1.82) is 0 Å². The van der Waals surface area contributed by atoms with Crippen LogP contribution in [0.1, 0.15) is 28.1 Å². The Hall–Kier alpha value is -8.07. The predicted molar refractivity (Wildman–Crippen MR) is 246 cm³/mol. The van der Waals surface area contributed by atoms with Crippen LogP contribution in [0.15, 0.2) is 177 Å². The second-order valence-electron chi connectivity index (χ2n) is 14.0. The fraction of sp³-hybridized carbons (Fsp3) is 0.0426. The van der Waals surface area contributed by atoms with Gasteiger partial charge in [-0.1, -0.05) is 0 Å². The largest absolute Gasteiger partial charge is 1.00 e. The van der Waals surface area contributed by atoms with E-state index in [-0.39, 0.29) is 43.7 Å². The predicted octanol–water partition coefficient (Wildman–Crippen LogP) is 3.54. The van der Waals surface area contributed by atoms with Gasteiger partial charge in [0.1, 0.15) is 14.1 Å². The third-order valence-electron chi connectivity index (χ3n) is 9.36. The first kappa shape index (κ1) is 43.0. The van der Waals surface area contributed by atoms with Gasteiger partial charge < -0.3 is 57.1 Å². The molecule has 0 saturated carbocycles. The number of nitrogens with zero attached hydrogens (tertiary/aromatic N) is 4. The van der Waals surface area contributed by atoms with Crippen LogP contribution < -0.4 is 66.3 Å². The van der Waals surface area contributed by atoms with Crippen LogP contribution >= 0.6 is 0 Å². The van der Waals surface area contributed by atoms with Gasteiger partial charge in [-0.3, -0.25) is 24.7 Å². The average molecular weight is 893 g/mol. The number of nitrogen functional groups attached to an aromatic ring is 1. The van der Waals surface area contributed by atoms with Gasteiger partial charge in [0.05, 0.1) is 21.8 Å². The van der Waals surface area contributed by atoms with Crippen LogP contribution in [-0.2, 0) is 14.1 Å². The van der Waals surface area contributed by atoms with Crippen LogP contribution in [-0.4, -0.2) is 21.7 Å². The van der Waals surface area contributed by atoms with Crippen molar-refractivity contribution >= 4 is 79.6 Å². The number of hydrogen-bond donors (Lipinski definition) is 6. The minimum atomic E-state index is -0.440. The molecule has 0 fully saturated rings. The fourth-order valence-electron chi connectivity index (χ4n) is 6.04. The van der Waals surface area contributed by atoms with Gasteiger partial charge in [-0.2, -0.15) is 0 Å². The topological polar surface area (TPSA) is 184 Å². The highest BCUT2D eigenvalue weighted by atomic mass is 35.5. The molecule has 3 heterocycles. The monoisotopic (exact) mass is 891 g/mol. The van der Waals surface area contributed by atoms with E-state index in [1.165, 1.54) is 12.1 Å². The minimum absolute atomic E-state index is 0. The third-order valence-corrected chi connectivity index (χ3v) is 9.36. The number of nitro benzene ring substituents is 1. The van der Waals surface area contributed by atoms with Gasteiger partial charge in [0.25, 0.3) is 17.5 Å². The number of nitrogens with one attached hydrogen (secondary N) is 5. The normalized spacial score (nSPS) is 10.4. The number of rotatable bonds is 11. The van der Waals surface area contributed by atoms with E-state index in [0.717, 1.165) is 39.5 Å². The van der Waals surface area contributed by atoms with Crippen molar-refractivity contribution in [3.8, 4) is 0 Å². The number of non-ortho nitro benzene ring substituents is 1. The van der Waals surface area contributed by atoms with Gasteiger partial charge in [0, 0.05) is 106 Å². The maximum Gasteiger partial charge on any atom is 0.271 e. The van der Waals surface area contributed by atoms with Crippen molar-refractivity contribution in [3.05, 3.63) is 198 Å². The van der Waals surface area contributed by atoms with E-state index in [9.17, 15) is 19.7 Å². The summed E-state index contributed by atoms with van der Waals surface area (Å²) in [6, 6.07) is 43.3. The van der Waals surface area contributed by atoms with Crippen molar-refractivity contribution in [2.75, 3.05) is 32.3 Å². The fourth-order valence-corrected chi connectivity index (χ4v) is 6.04. The number of nitrogens with two attached hydrogens (primary N) is 1. The first-order valence-corrected chi connectivity index (χ1v) is 19.1. The maximum absolute atomic E-state index is 12.7. The molecule has 8 rings (SSSR count). The summed E-state index contributed by atoms with van der Waals surface area (Å²) in [7, 11) is 3.93. The Balaban J connectivity index is 0.000000447. The number of halogens is 2. The lowest BCUT2D eigenvalue weighted by Crippen LogP contribution is -3.00. The Morgan fingerprint density at radius 1 is 0.571 bits per heavy atom. The summed E-state index contributed by atoms with van der Waals surface area (Å²) in [5, 5.41) is 27.5. The first-order valence-electron chi connectivity index (χ1n) is 21.1. The molecule has 0 spiro atoms. The SMILES string of the molecule is C[n+]1ccc(Nc2ccc(C(=O)Nc3ccc(N)cc3)cc2)cc1.C[n+]1ccc(Nc2ccc(C(=O)Nc3ccc(Nc4ccnc5cc([N+](=O)[O-])ccc45)cc3)cc2)cc1.[2HH].[2H][2H].[2H][2H].[Cl-].[Cl-]. The molecule has 2 amide bonds. The van der Waals surface area contributed by atoms with E-state index >= 15 is 0 Å². The quantitative estimate of drug-likeness (QED) is 0.0490. The molecule has 3 aromatic heterocycles. The molecule has 0 aliphatic rings. The number of benzene rings is 5. The molecule has 0 aliphatic carbocycles. The lowest BCUT2D eigenvalue weighted by molar-refractivity contribution is -0.671. The number of carbonyl (C=O) groups excluding carboxylic acids is 2. The molecule has 324 valence electrons. The minimum Gasteiger partial charge on any atom is -1.00 e. The molecule has 14 nitrogen and oxygen atoms in total. The molecule has 0 saturated heterocycles. The Morgan fingerprint density at radius 2 is 0.968 bits per heavy atom. The van der Waals surface area contributed by atoms with Crippen molar-refractivity contribution in [3.63, 3.8) is 0 Å². The van der Waals surface area contributed by atoms with Crippen LogP contribution in [0.3, 0.4) is 0 Å². The van der Waals surface area contributed by atoms with E-state index in [1.54, 1.807) is 79.0 Å². The van der Waals surface area contributed by atoms with E-state index < -0.39 is 4.92 Å². The highest BCUT2D eigenvalue weighted by Gasteiger charge is 2.11. The van der Waals surface area contributed by atoms with Crippen LogP contribution in [0.2, 0.25) is 0 Å². The standard InChI is InChI=1S/C28H22N6O3.C19H18N4O.2ClH.3H2/c1-33-16-13-23(14-17-33)30-20-4-2-19(3-5-20)28(35)32-22-8-6-21(7-9-22)31-26-12-15-29-27-18-24(34(36)37)10-11-25(26)27;1-23-12-10-18(11-13-23)21-16-6-2-14(3-7-16)19(24)22-17-8-4-15(20)5-9-17;;;;;/h2-18H,1H3,(H2,29,31,32,35);2-13H,20H2,1H3,(H,22,24);5*1H/i;;;;2*1+1D;1+1. The van der Waals surface area contributed by atoms with E-state index in [0.29, 0.717) is 33.7 Å². The van der Waals surface area contributed by atoms with Crippen molar-refractivity contribution in [2.24, 2.45) is 14.1 Å². The summed E-state index contributed by atoms with van der Waals surface area (Å²) in [6.45, 7) is 0. The van der Waals surface area contributed by atoms with E-state index in [1.807, 2.05) is 109 Å². The average Bonchev–Trinajstić information content (AvgIpc) is 3.33. The zero-order chi connectivity index (χ0) is 46.7. The number of aryl methyl sites for hydroxylation is 2. The number of amides is 2. The van der Waals surface area contributed by atoms with Crippen LogP contribution in [0.5, 0.6) is 0 Å². The van der Waals surface area contributed by atoms with Gasteiger partial charge in [-0.25, -0.2) is 9.13 Å². The van der Waals surface area contributed by atoms with Crippen LogP contribution in [0.4, 0.5) is 56.9 Å². The Morgan fingerprint density at radius 3 is 1.43 bits per heavy atom. The number of carbonyl (C=O) groups is 2. The Bertz CT molecular complexity index is 2820. The summed E-state index contributed by atoms with van der Waals surface area (Å²) in [4.78, 5) is 39.8. The summed E-state index contributed by atoms with van der Waals surface area (Å²) in [6.07, 6.45) is 9.45. The van der Waals surface area contributed by atoms with Crippen molar-refractivity contribution in [2.45, 2.75) is 0 Å². The van der Waals surface area contributed by atoms with Gasteiger partial charge in [0.2, 0.25) is 0 Å². The van der Waals surface area contributed by atoms with Gasteiger partial charge in [0.15, 0.2) is 24.8 Å². The molecular formula is C47H48Cl2N10O4. The zero-order valence-electron chi connectivity index (χ0n) is 38.0. The van der Waals surface area contributed by atoms with E-state index in [2.05, 4.69) is 31.6 Å². The smallest absolute Gasteiger partial charge is 0.271 e. The molecular weight excluding hydrogens is 839 g/mol. The highest BCUT2D eigenvalue weighted by molar-refractivity contribution is 6.05. The van der Waals surface area contributed by atoms with Crippen molar-refractivity contribution in [1.82, 2.24) is 4.98 Å². The summed E-state index contributed by atoms with van der Waals surface area (Å²) in [5.41, 5.74) is 14.7. The summed E-state index contributed by atoms with van der Waals surface area (Å²) >= 11 is 0. The molecule has 0 radical (unpaired) electrons. The lowest BCUT2D eigenvalue weighted by atomic mass is 10.1. The summed E-state index contributed by atoms with van der Waals surface area (Å²) in [5.74, 6) is -0.362. The van der Waals surface area contributed by atoms with Crippen molar-refractivity contribution < 1.29 is 55.8 Å². The Kier molecular flexibility index (Phi) is 14.7. The molecule has 0 bridgehead atoms. The number of aromatic nitrogens is 3. The lowest BCUT2D eigenvalue weighted by Gasteiger charge is -2.11. The molecule has 8 aromatic rings. The number of pyridine rings is 3. The number of fused-ring (bicyclic) bond motifs is 1. The van der Waals surface area contributed by atoms with Crippen LogP contribution in [0, 0.1) is 10.1 Å². The molecule has 0 aliphatic heterocycles. The number of nitro groups is 1. The number of hydrogen-bond acceptors (Lipinski definition) is 9. The van der Waals surface area contributed by atoms with Gasteiger partial charge in [-0.05, 0) is 109 Å². The maximum atomic E-state index is 12.7. The molecule has 7 N–H and O–H groups in total. The second-order valence-corrected chi connectivity index (χ2v) is 14.0. The second kappa shape index (κ2) is 21.4. The highest BCUT2D eigenvalue weighted by Crippen LogP contribution is 2.29. The summed E-state index contributed by atoms with van der Waals surface area (Å²) < 4.78 is 23.9. The zero-order valence-corrected chi connectivity index (χ0v) is 35.5. The Labute approximate surface area is 383 Å². The number of anilines is 9. The molecule has 0 unspecified atom stereocenters. The molecule has 63 heavy (non-hydrogen) atoms. The third kappa shape index (κ3) is 12.7. The van der Waals surface area contributed by atoms with Gasteiger partial charge in [-0.15, -0.1) is 0 Å². The molecule has 16 heteroatoms. The van der Waals surface area contributed by atoms with E-state index in [4.69, 9.17) is 11.7 Å². The molecule has 5 aromatic carbocycles. The van der Waals surface area contributed by atoms with Crippen LogP contribution in [0.25, 0.3) is 10.9 Å². The van der Waals surface area contributed by atoms with Gasteiger partial charge >= 0.3 is 0 Å².